The van der Waals surface area contributed by atoms with E-state index in [2.05, 4.69) is 13.0 Å². The van der Waals surface area contributed by atoms with Gasteiger partial charge in [0.25, 0.3) is 0 Å². The molecule has 1 saturated carbocycles. The molecule has 0 spiro atoms. The summed E-state index contributed by atoms with van der Waals surface area (Å²) in [5.74, 6) is -0.137. The first-order chi connectivity index (χ1) is 7.19. The van der Waals surface area contributed by atoms with Crippen molar-refractivity contribution in [2.24, 2.45) is 5.92 Å². The van der Waals surface area contributed by atoms with Crippen molar-refractivity contribution in [1.29, 1.82) is 5.26 Å². The van der Waals surface area contributed by atoms with Crippen LogP contribution in [0.5, 0.6) is 0 Å². The number of nitrogens with zero attached hydrogens (tertiary/aromatic N) is 2. The summed E-state index contributed by atoms with van der Waals surface area (Å²) in [6.45, 7) is 2.46. The number of rotatable bonds is 6. The molecule has 1 atom stereocenters. The minimum Gasteiger partial charge on any atom is -0.465 e. The summed E-state index contributed by atoms with van der Waals surface area (Å²) in [5.41, 5.74) is 0. The van der Waals surface area contributed by atoms with Gasteiger partial charge in [0, 0.05) is 12.6 Å². The Labute approximate surface area is 90.5 Å². The lowest BCUT2D eigenvalue weighted by Gasteiger charge is -2.21. The second kappa shape index (κ2) is 5.59. The van der Waals surface area contributed by atoms with Gasteiger partial charge in [-0.1, -0.05) is 19.8 Å². The number of amides is 1. The summed E-state index contributed by atoms with van der Waals surface area (Å²) in [4.78, 5) is 12.4. The van der Waals surface area contributed by atoms with Crippen LogP contribution in [-0.2, 0) is 0 Å². The van der Waals surface area contributed by atoms with Crippen LogP contribution in [0.1, 0.15) is 39.0 Å². The van der Waals surface area contributed by atoms with Crippen molar-refractivity contribution in [2.45, 2.75) is 45.1 Å². The zero-order chi connectivity index (χ0) is 11.3. The largest absolute Gasteiger partial charge is 0.465 e. The molecule has 0 aromatic carbocycles. The van der Waals surface area contributed by atoms with Gasteiger partial charge in [-0.05, 0) is 19.3 Å². The zero-order valence-electron chi connectivity index (χ0n) is 9.15. The third-order valence-corrected chi connectivity index (χ3v) is 2.74. The summed E-state index contributed by atoms with van der Waals surface area (Å²) >= 11 is 0. The number of hydrogen-bond acceptors (Lipinski definition) is 2. The summed E-state index contributed by atoms with van der Waals surface area (Å²) in [6, 6.07) is 2.38. The van der Waals surface area contributed by atoms with E-state index >= 15 is 0 Å². The highest BCUT2D eigenvalue weighted by atomic mass is 16.4. The topological polar surface area (TPSA) is 64.3 Å². The fraction of sp³-hybridized carbons (Fsp3) is 0.818. The fourth-order valence-corrected chi connectivity index (χ4v) is 1.65. The molecule has 0 saturated heterocycles. The molecule has 1 aliphatic rings. The van der Waals surface area contributed by atoms with E-state index in [1.807, 2.05) is 0 Å². The Bertz CT molecular complexity index is 256. The molecule has 4 heteroatoms. The highest BCUT2D eigenvalue weighted by molar-refractivity contribution is 5.66. The van der Waals surface area contributed by atoms with Crippen molar-refractivity contribution in [3.05, 3.63) is 0 Å². The van der Waals surface area contributed by atoms with E-state index in [0.717, 1.165) is 32.1 Å². The molecule has 0 aromatic rings. The molecule has 1 unspecified atom stereocenters. The molecule has 0 bridgehead atoms. The van der Waals surface area contributed by atoms with E-state index in [1.54, 1.807) is 0 Å². The lowest BCUT2D eigenvalue weighted by atomic mass is 10.0. The van der Waals surface area contributed by atoms with E-state index in [-0.39, 0.29) is 12.0 Å². The number of carbonyl (C=O) groups is 1. The van der Waals surface area contributed by atoms with Crippen LogP contribution in [0, 0.1) is 17.2 Å². The van der Waals surface area contributed by atoms with Gasteiger partial charge in [0.15, 0.2) is 0 Å². The lowest BCUT2D eigenvalue weighted by molar-refractivity contribution is 0.136. The van der Waals surface area contributed by atoms with E-state index in [4.69, 9.17) is 10.4 Å². The van der Waals surface area contributed by atoms with Gasteiger partial charge < -0.3 is 10.0 Å². The van der Waals surface area contributed by atoms with Gasteiger partial charge in [0.2, 0.25) is 0 Å². The third-order valence-electron chi connectivity index (χ3n) is 2.74. The van der Waals surface area contributed by atoms with Crippen LogP contribution in [0.15, 0.2) is 0 Å². The Balaban J connectivity index is 2.40. The van der Waals surface area contributed by atoms with Crippen molar-refractivity contribution in [3.63, 3.8) is 0 Å². The maximum Gasteiger partial charge on any atom is 0.407 e. The van der Waals surface area contributed by atoms with Crippen LogP contribution in [0.3, 0.4) is 0 Å². The van der Waals surface area contributed by atoms with E-state index in [1.165, 1.54) is 4.90 Å². The number of carboxylic acid groups (broad SMARTS) is 1. The second-order valence-electron chi connectivity index (χ2n) is 4.13. The molecule has 1 aliphatic carbocycles. The highest BCUT2D eigenvalue weighted by Gasteiger charge is 2.33. The molecule has 1 N–H and O–H groups in total. The zero-order valence-corrected chi connectivity index (χ0v) is 9.15. The maximum absolute atomic E-state index is 10.9. The Kier molecular flexibility index (Phi) is 4.41. The first-order valence-electron chi connectivity index (χ1n) is 5.58. The molecule has 84 valence electrons. The number of nitriles is 1. The number of unbranched alkanes of at least 4 members (excludes halogenated alkanes) is 1. The smallest absolute Gasteiger partial charge is 0.407 e. The average Bonchev–Trinajstić information content (AvgIpc) is 3.01. The minimum absolute atomic E-state index is 0.137. The molecular formula is C11H18N2O2. The molecule has 0 heterocycles. The van der Waals surface area contributed by atoms with Crippen molar-refractivity contribution in [2.75, 3.05) is 6.54 Å². The average molecular weight is 210 g/mol. The van der Waals surface area contributed by atoms with Gasteiger partial charge in [-0.2, -0.15) is 5.26 Å². The Morgan fingerprint density at radius 3 is 2.73 bits per heavy atom. The molecule has 0 radical (unpaired) electrons. The summed E-state index contributed by atoms with van der Waals surface area (Å²) in [6.07, 6.45) is 3.89. The monoisotopic (exact) mass is 210 g/mol. The van der Waals surface area contributed by atoms with Crippen LogP contribution in [0.25, 0.3) is 0 Å². The normalized spacial score (nSPS) is 16.8. The Hall–Kier alpha value is -1.24. The van der Waals surface area contributed by atoms with E-state index < -0.39 is 6.09 Å². The van der Waals surface area contributed by atoms with Crippen molar-refractivity contribution in [1.82, 2.24) is 4.90 Å². The highest BCUT2D eigenvalue weighted by Crippen LogP contribution is 2.28. The third kappa shape index (κ3) is 3.78. The first-order valence-corrected chi connectivity index (χ1v) is 5.58. The molecular weight excluding hydrogens is 192 g/mol. The van der Waals surface area contributed by atoms with Gasteiger partial charge in [-0.15, -0.1) is 0 Å². The van der Waals surface area contributed by atoms with E-state index in [9.17, 15) is 4.79 Å². The quantitative estimate of drug-likeness (QED) is 0.732. The van der Waals surface area contributed by atoms with Gasteiger partial charge in [0.05, 0.1) is 12.0 Å². The first kappa shape index (κ1) is 11.8. The standard InChI is InChI=1S/C11H18N2O2/c1-2-3-4-9(7-12)8-13(11(14)15)10-5-6-10/h9-10H,2-6,8H2,1H3,(H,14,15). The minimum atomic E-state index is -0.880. The molecule has 1 fully saturated rings. The molecule has 1 rings (SSSR count). The van der Waals surface area contributed by atoms with Crippen LogP contribution in [0.2, 0.25) is 0 Å². The summed E-state index contributed by atoms with van der Waals surface area (Å²) < 4.78 is 0. The van der Waals surface area contributed by atoms with Gasteiger partial charge in [-0.25, -0.2) is 4.79 Å². The predicted molar refractivity (Wildman–Crippen MR) is 56.4 cm³/mol. The Morgan fingerprint density at radius 2 is 2.33 bits per heavy atom. The lowest BCUT2D eigenvalue weighted by Crippen LogP contribution is -2.35. The summed E-state index contributed by atoms with van der Waals surface area (Å²) in [7, 11) is 0. The van der Waals surface area contributed by atoms with Crippen LogP contribution in [-0.4, -0.2) is 28.7 Å². The molecule has 0 aromatic heterocycles. The van der Waals surface area contributed by atoms with Crippen molar-refractivity contribution in [3.8, 4) is 6.07 Å². The summed E-state index contributed by atoms with van der Waals surface area (Å²) in [5, 5.41) is 17.9. The van der Waals surface area contributed by atoms with Crippen LogP contribution in [0.4, 0.5) is 4.79 Å². The van der Waals surface area contributed by atoms with Gasteiger partial charge in [0.1, 0.15) is 0 Å². The van der Waals surface area contributed by atoms with Crippen molar-refractivity contribution >= 4 is 6.09 Å². The SMILES string of the molecule is CCCCC(C#N)CN(C(=O)O)C1CC1. The molecule has 15 heavy (non-hydrogen) atoms. The molecule has 0 aliphatic heterocycles. The molecule has 1 amide bonds. The molecule has 4 nitrogen and oxygen atoms in total. The maximum atomic E-state index is 10.9. The van der Waals surface area contributed by atoms with Gasteiger partial charge >= 0.3 is 6.09 Å². The van der Waals surface area contributed by atoms with Crippen LogP contribution < -0.4 is 0 Å². The van der Waals surface area contributed by atoms with Gasteiger partial charge in [-0.3, -0.25) is 0 Å². The Morgan fingerprint density at radius 1 is 1.67 bits per heavy atom. The fourth-order valence-electron chi connectivity index (χ4n) is 1.65. The predicted octanol–water partition coefficient (Wildman–Crippen LogP) is 2.46. The van der Waals surface area contributed by atoms with E-state index in [0.29, 0.717) is 6.54 Å². The second-order valence-corrected chi connectivity index (χ2v) is 4.13. The number of hydrogen-bond donors (Lipinski definition) is 1. The van der Waals surface area contributed by atoms with Crippen molar-refractivity contribution < 1.29 is 9.90 Å². The van der Waals surface area contributed by atoms with Crippen LogP contribution >= 0.6 is 0 Å².